The van der Waals surface area contributed by atoms with Gasteiger partial charge in [0.25, 0.3) is 0 Å². The third kappa shape index (κ3) is 5.36. The second-order valence-electron chi connectivity index (χ2n) is 6.19. The van der Waals surface area contributed by atoms with E-state index in [9.17, 15) is 0 Å². The van der Waals surface area contributed by atoms with Gasteiger partial charge in [-0.25, -0.2) is 0 Å². The van der Waals surface area contributed by atoms with Crippen molar-refractivity contribution in [2.24, 2.45) is 11.8 Å². The van der Waals surface area contributed by atoms with Crippen LogP contribution in [0.15, 0.2) is 0 Å². The predicted molar refractivity (Wildman–Crippen MR) is 73.3 cm³/mol. The average molecular weight is 239 g/mol. The van der Waals surface area contributed by atoms with Crippen molar-refractivity contribution in [3.63, 3.8) is 0 Å². The van der Waals surface area contributed by atoms with Crippen LogP contribution in [0.4, 0.5) is 0 Å². The highest BCUT2D eigenvalue weighted by Gasteiger charge is 2.21. The van der Waals surface area contributed by atoms with E-state index in [1.54, 1.807) is 0 Å². The highest BCUT2D eigenvalue weighted by atomic mass is 15.1. The van der Waals surface area contributed by atoms with Crippen LogP contribution in [0.1, 0.15) is 25.7 Å². The number of hydrogen-bond donors (Lipinski definition) is 1. The molecule has 0 radical (unpaired) electrons. The minimum atomic E-state index is 0.931. The van der Waals surface area contributed by atoms with E-state index in [1.165, 1.54) is 65.0 Å². The highest BCUT2D eigenvalue weighted by molar-refractivity contribution is 4.77. The molecule has 0 aromatic carbocycles. The van der Waals surface area contributed by atoms with Gasteiger partial charge in [-0.2, -0.15) is 0 Å². The molecule has 1 saturated carbocycles. The van der Waals surface area contributed by atoms with E-state index in [0.717, 1.165) is 11.8 Å². The fourth-order valence-electron chi connectivity index (χ4n) is 2.77. The minimum absolute atomic E-state index is 0.931. The van der Waals surface area contributed by atoms with Crippen LogP contribution in [-0.4, -0.2) is 63.2 Å². The summed E-state index contributed by atoms with van der Waals surface area (Å²) in [5, 5.41) is 3.59. The molecule has 17 heavy (non-hydrogen) atoms. The van der Waals surface area contributed by atoms with Gasteiger partial charge in [0.15, 0.2) is 0 Å². The van der Waals surface area contributed by atoms with Crippen LogP contribution < -0.4 is 5.32 Å². The van der Waals surface area contributed by atoms with Gasteiger partial charge >= 0.3 is 0 Å². The Balaban J connectivity index is 1.49. The van der Waals surface area contributed by atoms with Crippen molar-refractivity contribution in [2.45, 2.75) is 25.7 Å². The normalized spacial score (nSPS) is 23.5. The molecule has 2 fully saturated rings. The maximum absolute atomic E-state index is 3.59. The fraction of sp³-hybridized carbons (Fsp3) is 1.00. The minimum Gasteiger partial charge on any atom is -0.315 e. The fourth-order valence-corrected chi connectivity index (χ4v) is 2.77. The summed E-state index contributed by atoms with van der Waals surface area (Å²) >= 11 is 0. The first kappa shape index (κ1) is 13.3. The van der Waals surface area contributed by atoms with E-state index in [0.29, 0.717) is 0 Å². The molecule has 0 unspecified atom stereocenters. The zero-order valence-electron chi connectivity index (χ0n) is 11.6. The summed E-state index contributed by atoms with van der Waals surface area (Å²) < 4.78 is 0. The molecule has 1 heterocycles. The molecule has 2 aliphatic rings. The lowest BCUT2D eigenvalue weighted by atomic mass is 9.96. The molecular formula is C14H29N3. The Morgan fingerprint density at radius 3 is 2.35 bits per heavy atom. The number of rotatable bonds is 7. The summed E-state index contributed by atoms with van der Waals surface area (Å²) in [6.07, 6.45) is 5.70. The van der Waals surface area contributed by atoms with E-state index < -0.39 is 0 Å². The van der Waals surface area contributed by atoms with E-state index in [1.807, 2.05) is 0 Å². The molecule has 0 aromatic heterocycles. The zero-order chi connectivity index (χ0) is 12.1. The first-order chi connectivity index (χ1) is 8.24. The Labute approximate surface area is 107 Å². The quantitative estimate of drug-likeness (QED) is 0.675. The predicted octanol–water partition coefficient (Wildman–Crippen LogP) is 1.26. The summed E-state index contributed by atoms with van der Waals surface area (Å²) in [5.74, 6) is 1.95. The average Bonchev–Trinajstić information content (AvgIpc) is 3.10. The van der Waals surface area contributed by atoms with Crippen LogP contribution in [-0.2, 0) is 0 Å². The lowest BCUT2D eigenvalue weighted by Crippen LogP contribution is -2.40. The maximum atomic E-state index is 3.59. The first-order valence-electron chi connectivity index (χ1n) is 7.32. The molecule has 1 aliphatic heterocycles. The van der Waals surface area contributed by atoms with Crippen molar-refractivity contribution >= 4 is 0 Å². The van der Waals surface area contributed by atoms with Crippen LogP contribution in [0, 0.1) is 11.8 Å². The van der Waals surface area contributed by atoms with E-state index >= 15 is 0 Å². The molecule has 100 valence electrons. The van der Waals surface area contributed by atoms with Crippen molar-refractivity contribution in [3.05, 3.63) is 0 Å². The Hall–Kier alpha value is -0.120. The Morgan fingerprint density at radius 1 is 1.06 bits per heavy atom. The van der Waals surface area contributed by atoms with E-state index in [-0.39, 0.29) is 0 Å². The van der Waals surface area contributed by atoms with Gasteiger partial charge in [0.2, 0.25) is 0 Å². The Kier molecular flexibility index (Phi) is 5.26. The van der Waals surface area contributed by atoms with Crippen molar-refractivity contribution in [3.8, 4) is 0 Å². The van der Waals surface area contributed by atoms with Gasteiger partial charge in [0, 0.05) is 19.6 Å². The summed E-state index contributed by atoms with van der Waals surface area (Å²) in [5.41, 5.74) is 0. The molecule has 1 saturated heterocycles. The standard InChI is InChI=1S/C14H29N3/c1-16(2)12-14-5-8-17(9-6-14)10-7-15-11-13-3-4-13/h13-15H,3-12H2,1-2H3. The van der Waals surface area contributed by atoms with Crippen molar-refractivity contribution < 1.29 is 0 Å². The van der Waals surface area contributed by atoms with Crippen LogP contribution in [0.2, 0.25) is 0 Å². The van der Waals surface area contributed by atoms with Gasteiger partial charge in [0.1, 0.15) is 0 Å². The SMILES string of the molecule is CN(C)CC1CCN(CCNCC2CC2)CC1. The van der Waals surface area contributed by atoms with Crippen molar-refractivity contribution in [1.82, 2.24) is 15.1 Å². The topological polar surface area (TPSA) is 18.5 Å². The number of nitrogens with zero attached hydrogens (tertiary/aromatic N) is 2. The second-order valence-corrected chi connectivity index (χ2v) is 6.19. The Morgan fingerprint density at radius 2 is 1.76 bits per heavy atom. The molecular weight excluding hydrogens is 210 g/mol. The molecule has 2 rings (SSSR count). The van der Waals surface area contributed by atoms with Gasteiger partial charge in [-0.15, -0.1) is 0 Å². The van der Waals surface area contributed by atoms with E-state index in [4.69, 9.17) is 0 Å². The molecule has 0 amide bonds. The number of nitrogens with one attached hydrogen (secondary N) is 1. The van der Waals surface area contributed by atoms with Crippen LogP contribution in [0.3, 0.4) is 0 Å². The molecule has 0 aromatic rings. The van der Waals surface area contributed by atoms with Gasteiger partial charge in [0.05, 0.1) is 0 Å². The molecule has 0 spiro atoms. The molecule has 1 N–H and O–H groups in total. The third-order valence-corrected chi connectivity index (χ3v) is 4.07. The first-order valence-corrected chi connectivity index (χ1v) is 7.32. The summed E-state index contributed by atoms with van der Waals surface area (Å²) in [6, 6.07) is 0. The van der Waals surface area contributed by atoms with Crippen LogP contribution in [0.25, 0.3) is 0 Å². The van der Waals surface area contributed by atoms with Crippen molar-refractivity contribution in [2.75, 3.05) is 53.4 Å². The largest absolute Gasteiger partial charge is 0.315 e. The second kappa shape index (κ2) is 6.72. The lowest BCUT2D eigenvalue weighted by Gasteiger charge is -2.33. The van der Waals surface area contributed by atoms with E-state index in [2.05, 4.69) is 29.2 Å². The molecule has 3 heteroatoms. The van der Waals surface area contributed by atoms with Crippen LogP contribution in [0.5, 0.6) is 0 Å². The Bertz CT molecular complexity index is 203. The van der Waals surface area contributed by atoms with Gasteiger partial charge in [-0.05, 0) is 71.2 Å². The number of piperidine rings is 1. The molecule has 0 bridgehead atoms. The molecule has 1 aliphatic carbocycles. The summed E-state index contributed by atoms with van der Waals surface area (Å²) in [6.45, 7) is 7.59. The number of hydrogen-bond acceptors (Lipinski definition) is 3. The number of likely N-dealkylation sites (tertiary alicyclic amines) is 1. The van der Waals surface area contributed by atoms with Gasteiger partial charge in [-0.1, -0.05) is 0 Å². The summed E-state index contributed by atoms with van der Waals surface area (Å²) in [7, 11) is 4.38. The van der Waals surface area contributed by atoms with Crippen molar-refractivity contribution in [1.29, 1.82) is 0 Å². The maximum Gasteiger partial charge on any atom is 0.0107 e. The molecule has 3 nitrogen and oxygen atoms in total. The zero-order valence-corrected chi connectivity index (χ0v) is 11.6. The highest BCUT2D eigenvalue weighted by Crippen LogP contribution is 2.27. The van der Waals surface area contributed by atoms with Gasteiger partial charge < -0.3 is 15.1 Å². The smallest absolute Gasteiger partial charge is 0.0107 e. The molecule has 0 atom stereocenters. The van der Waals surface area contributed by atoms with Crippen LogP contribution >= 0.6 is 0 Å². The monoisotopic (exact) mass is 239 g/mol. The van der Waals surface area contributed by atoms with Gasteiger partial charge in [-0.3, -0.25) is 0 Å². The third-order valence-electron chi connectivity index (χ3n) is 4.07. The summed E-state index contributed by atoms with van der Waals surface area (Å²) in [4.78, 5) is 4.96. The lowest BCUT2D eigenvalue weighted by molar-refractivity contribution is 0.163.